The Morgan fingerprint density at radius 2 is 1.88 bits per heavy atom. The molecule has 0 radical (unpaired) electrons. The molecule has 0 aliphatic heterocycles. The molecule has 3 aromatic rings. The average Bonchev–Trinajstić information content (AvgIpc) is 3.65. The zero-order valence-corrected chi connectivity index (χ0v) is 28.4. The lowest BCUT2D eigenvalue weighted by Gasteiger charge is -2.44. The Morgan fingerprint density at radius 3 is 2.46 bits per heavy atom. The van der Waals surface area contributed by atoms with E-state index in [0.717, 1.165) is 62.4 Å². The summed E-state index contributed by atoms with van der Waals surface area (Å²) in [6, 6.07) is 10.1. The molecule has 0 spiro atoms. The number of benzene rings is 2. The fourth-order valence-electron chi connectivity index (χ4n) is 5.21. The van der Waals surface area contributed by atoms with Crippen LogP contribution >= 0.6 is 33.0 Å². The maximum Gasteiger partial charge on any atom is 0.187 e. The second-order valence-corrected chi connectivity index (χ2v) is 19.3. The number of aromatic nitrogens is 1. The molecule has 1 unspecified atom stereocenters. The van der Waals surface area contributed by atoms with E-state index in [1.54, 1.807) is 17.4 Å². The maximum absolute atomic E-state index is 15.6. The van der Waals surface area contributed by atoms with Gasteiger partial charge in [0, 0.05) is 10.4 Å². The summed E-state index contributed by atoms with van der Waals surface area (Å²) in [5.74, 6) is 4.41. The van der Waals surface area contributed by atoms with E-state index < -0.39 is 10.0 Å². The van der Waals surface area contributed by atoms with Crippen molar-refractivity contribution in [3.8, 4) is 23.6 Å². The predicted molar refractivity (Wildman–Crippen MR) is 182 cm³/mol. The molecule has 1 saturated carbocycles. The molecule has 0 N–H and O–H groups in total. The lowest BCUT2D eigenvalue weighted by atomic mass is 9.97. The molecule has 0 amide bonds. The van der Waals surface area contributed by atoms with Gasteiger partial charge in [-0.25, -0.2) is 19.4 Å². The molecule has 1 aromatic heterocycles. The first kappa shape index (κ1) is 31.9. The summed E-state index contributed by atoms with van der Waals surface area (Å²) in [6.45, 7) is 13.7. The van der Waals surface area contributed by atoms with Crippen molar-refractivity contribution in [3.05, 3.63) is 68.3 Å². The topological polar surface area (TPSA) is 16.1 Å². The monoisotopic (exact) mass is 612 g/mol. The first-order chi connectivity index (χ1) is 19.3. The number of nitrogens with zero attached hydrogens (tertiary/aromatic N) is 2. The molecule has 222 valence electrons. The van der Waals surface area contributed by atoms with Crippen molar-refractivity contribution in [1.82, 2.24) is 4.98 Å². The Hall–Kier alpha value is -2.00. The van der Waals surface area contributed by atoms with Gasteiger partial charge in [-0.3, -0.25) is 0 Å². The van der Waals surface area contributed by atoms with E-state index in [-0.39, 0.29) is 16.6 Å². The summed E-state index contributed by atoms with van der Waals surface area (Å²) in [7, 11) is -0.852. The van der Waals surface area contributed by atoms with E-state index in [1.165, 1.54) is 24.0 Å². The summed E-state index contributed by atoms with van der Waals surface area (Å²) >= 11 is 8.40. The lowest BCUT2D eigenvalue weighted by Crippen LogP contribution is -2.30. The maximum atomic E-state index is 15.6. The van der Waals surface area contributed by atoms with E-state index in [0.29, 0.717) is 12.5 Å². The molecule has 1 atom stereocenters. The highest BCUT2D eigenvalue weighted by Gasteiger charge is 2.32. The minimum absolute atomic E-state index is 0.0307. The van der Waals surface area contributed by atoms with Gasteiger partial charge in [-0.1, -0.05) is 70.2 Å². The van der Waals surface area contributed by atoms with Crippen LogP contribution in [0, 0.1) is 37.9 Å². The van der Waals surface area contributed by atoms with Gasteiger partial charge < -0.3 is 4.90 Å². The van der Waals surface area contributed by atoms with Crippen LogP contribution in [0.2, 0.25) is 5.02 Å². The molecule has 6 heteroatoms. The van der Waals surface area contributed by atoms with E-state index in [4.69, 9.17) is 23.0 Å². The van der Waals surface area contributed by atoms with Crippen LogP contribution < -0.4 is 4.90 Å². The summed E-state index contributed by atoms with van der Waals surface area (Å²) in [6.07, 6.45) is 15.7. The van der Waals surface area contributed by atoms with Crippen LogP contribution in [-0.4, -0.2) is 34.5 Å². The van der Waals surface area contributed by atoms with Crippen LogP contribution in [0.25, 0.3) is 11.3 Å². The third-order valence-electron chi connectivity index (χ3n) is 8.99. The van der Waals surface area contributed by atoms with Gasteiger partial charge in [-0.05, 0) is 102 Å². The fraction of sp³-hybridized carbons (Fsp3) is 0.514. The number of anilines is 1. The molecular weight excluding hydrogens is 567 g/mol. The van der Waals surface area contributed by atoms with Crippen LogP contribution in [0.5, 0.6) is 0 Å². The van der Waals surface area contributed by atoms with Gasteiger partial charge in [0.15, 0.2) is 5.13 Å². The molecule has 2 nitrogen and oxygen atoms in total. The van der Waals surface area contributed by atoms with Gasteiger partial charge in [0.2, 0.25) is 0 Å². The minimum atomic E-state index is -0.852. The predicted octanol–water partition coefficient (Wildman–Crippen LogP) is 10.2. The van der Waals surface area contributed by atoms with Crippen LogP contribution in [0.15, 0.2) is 30.3 Å². The van der Waals surface area contributed by atoms with Crippen molar-refractivity contribution >= 4 is 38.1 Å². The van der Waals surface area contributed by atoms with Gasteiger partial charge >= 0.3 is 0 Å². The largest absolute Gasteiger partial charge is 0.330 e. The number of thiazole rings is 1. The Labute approximate surface area is 258 Å². The molecule has 1 fully saturated rings. The lowest BCUT2D eigenvalue weighted by molar-refractivity contribution is 0.547. The van der Waals surface area contributed by atoms with E-state index in [9.17, 15) is 0 Å². The number of aryl methyl sites for hydroxylation is 4. The number of terminal acetylenes is 1. The number of hydrogen-bond acceptors (Lipinski definition) is 3. The van der Waals surface area contributed by atoms with Crippen LogP contribution in [0.3, 0.4) is 0 Å². The number of rotatable bonds is 11. The smallest absolute Gasteiger partial charge is 0.187 e. The number of halogens is 2. The Balaban J connectivity index is 1.67. The summed E-state index contributed by atoms with van der Waals surface area (Å²) in [4.78, 5) is 8.43. The van der Waals surface area contributed by atoms with Gasteiger partial charge in [0.1, 0.15) is 5.82 Å². The molecular formula is C35H46ClFN2S2. The van der Waals surface area contributed by atoms with Gasteiger partial charge in [-0.15, -0.1) is 17.8 Å². The zero-order valence-electron chi connectivity index (χ0n) is 26.0. The Kier molecular flexibility index (Phi) is 9.89. The van der Waals surface area contributed by atoms with Crippen molar-refractivity contribution in [2.75, 3.05) is 29.7 Å². The van der Waals surface area contributed by atoms with Gasteiger partial charge in [0.05, 0.1) is 23.3 Å². The summed E-state index contributed by atoms with van der Waals surface area (Å²) in [5.41, 5.74) is 6.11. The standard InChI is InChI=1S/C35H46ClFN2S2/c1-10-17-39(34-38-33(24(4)40-34)29-19-23(3)26(11-2)21-30(29)36)32(20-25-12-13-25)28-15-14-27(31(37)22-28)16-18-41(8,9)35(5,6)7/h1,14-15,19,21-22,25,32H,11-13,16-18,20H2,2-9H3. The SMILES string of the molecule is C#CCN(c1nc(-c2cc(C)c(CC)cc2Cl)c(C)s1)C(CC1CC1)c1ccc(CCS(C)(C)C(C)(C)C)c(F)c1. The second-order valence-electron chi connectivity index (χ2n) is 13.0. The molecule has 0 bridgehead atoms. The molecule has 1 aliphatic rings. The Morgan fingerprint density at radius 1 is 1.17 bits per heavy atom. The molecule has 1 aliphatic carbocycles. The molecule has 2 aromatic carbocycles. The van der Waals surface area contributed by atoms with Crippen LogP contribution in [0.1, 0.15) is 80.1 Å². The molecule has 4 rings (SSSR count). The molecule has 41 heavy (non-hydrogen) atoms. The van der Waals surface area contributed by atoms with E-state index in [1.807, 2.05) is 6.07 Å². The quantitative estimate of drug-likeness (QED) is 0.200. The highest BCUT2D eigenvalue weighted by Crippen LogP contribution is 2.53. The summed E-state index contributed by atoms with van der Waals surface area (Å²) in [5, 5.41) is 1.59. The van der Waals surface area contributed by atoms with Crippen molar-refractivity contribution < 1.29 is 4.39 Å². The zero-order chi connectivity index (χ0) is 30.1. The average molecular weight is 613 g/mol. The molecule has 0 saturated heterocycles. The number of hydrogen-bond donors (Lipinski definition) is 0. The highest BCUT2D eigenvalue weighted by atomic mass is 35.5. The second kappa shape index (κ2) is 12.7. The first-order valence-electron chi connectivity index (χ1n) is 14.7. The van der Waals surface area contributed by atoms with E-state index >= 15 is 4.39 Å². The van der Waals surface area contributed by atoms with Crippen molar-refractivity contribution in [2.45, 2.75) is 84.4 Å². The van der Waals surface area contributed by atoms with Crippen LogP contribution in [0.4, 0.5) is 9.52 Å². The molecule has 1 heterocycles. The Bertz CT molecular complexity index is 1430. The van der Waals surface area contributed by atoms with Crippen molar-refractivity contribution in [2.24, 2.45) is 5.92 Å². The summed E-state index contributed by atoms with van der Waals surface area (Å²) < 4.78 is 15.9. The van der Waals surface area contributed by atoms with Crippen LogP contribution in [-0.2, 0) is 12.8 Å². The third kappa shape index (κ3) is 7.32. The fourth-order valence-corrected chi connectivity index (χ4v) is 7.80. The normalized spacial score (nSPS) is 15.0. The minimum Gasteiger partial charge on any atom is -0.330 e. The van der Waals surface area contributed by atoms with Crippen molar-refractivity contribution in [3.63, 3.8) is 0 Å². The first-order valence-corrected chi connectivity index (χ1v) is 18.5. The van der Waals surface area contributed by atoms with Gasteiger partial charge in [-0.2, -0.15) is 0 Å². The van der Waals surface area contributed by atoms with Gasteiger partial charge in [0.25, 0.3) is 0 Å². The van der Waals surface area contributed by atoms with Crippen molar-refractivity contribution in [1.29, 1.82) is 0 Å². The van der Waals surface area contributed by atoms with E-state index in [2.05, 4.69) is 83.1 Å². The third-order valence-corrected chi connectivity index (χ3v) is 14.8. The highest BCUT2D eigenvalue weighted by molar-refractivity contribution is 8.33.